The summed E-state index contributed by atoms with van der Waals surface area (Å²) in [6.07, 6.45) is 0.797. The number of ether oxygens (including phenoxy) is 2. The molecule has 1 aliphatic heterocycles. The lowest BCUT2D eigenvalue weighted by Crippen LogP contribution is -2.32. The number of anilines is 1. The summed E-state index contributed by atoms with van der Waals surface area (Å²) in [6, 6.07) is 8.65. The zero-order valence-corrected chi connectivity index (χ0v) is 20.3. The van der Waals surface area contributed by atoms with Crippen LogP contribution in [0.15, 0.2) is 39.5 Å². The van der Waals surface area contributed by atoms with E-state index in [-0.39, 0.29) is 24.0 Å². The topological polar surface area (TPSA) is 75.4 Å². The van der Waals surface area contributed by atoms with Crippen LogP contribution < -0.4 is 19.8 Å². The smallest absolute Gasteiger partial charge is 0.197 e. The molecule has 0 bridgehead atoms. The number of rotatable bonds is 6. The lowest BCUT2D eigenvalue weighted by molar-refractivity contribution is 0.171. The van der Waals surface area contributed by atoms with Gasteiger partial charge in [-0.1, -0.05) is 11.6 Å². The molecule has 7 nitrogen and oxygen atoms in total. The van der Waals surface area contributed by atoms with Gasteiger partial charge in [0.15, 0.2) is 5.43 Å². The molecule has 1 saturated heterocycles. The van der Waals surface area contributed by atoms with Gasteiger partial charge in [0.25, 0.3) is 0 Å². The van der Waals surface area contributed by atoms with E-state index >= 15 is 0 Å². The highest BCUT2D eigenvalue weighted by molar-refractivity contribution is 6.33. The molecule has 4 rings (SSSR count). The van der Waals surface area contributed by atoms with Gasteiger partial charge in [-0.2, -0.15) is 0 Å². The van der Waals surface area contributed by atoms with Crippen LogP contribution in [-0.2, 0) is 0 Å². The number of aliphatic hydroxyl groups is 1. The predicted octanol–water partition coefficient (Wildman–Crippen LogP) is 3.98. The Balaban J connectivity index is 2.02. The Bertz CT molecular complexity index is 1240. The van der Waals surface area contributed by atoms with Crippen LogP contribution in [0.2, 0.25) is 5.02 Å². The molecule has 0 spiro atoms. The third kappa shape index (κ3) is 4.05. The van der Waals surface area contributed by atoms with Gasteiger partial charge in [-0.25, -0.2) is 0 Å². The fourth-order valence-corrected chi connectivity index (χ4v) is 4.97. The van der Waals surface area contributed by atoms with Crippen molar-refractivity contribution in [3.8, 4) is 22.8 Å². The molecular formula is C25H29ClN2O5. The molecule has 0 radical (unpaired) electrons. The Labute approximate surface area is 198 Å². The van der Waals surface area contributed by atoms with Crippen LogP contribution in [-0.4, -0.2) is 64.6 Å². The predicted molar refractivity (Wildman–Crippen MR) is 131 cm³/mol. The number of likely N-dealkylation sites (tertiary alicyclic amines) is 1. The number of halogens is 1. The molecular weight excluding hydrogens is 444 g/mol. The summed E-state index contributed by atoms with van der Waals surface area (Å²) >= 11 is 6.58. The van der Waals surface area contributed by atoms with E-state index in [1.165, 1.54) is 13.2 Å². The lowest BCUT2D eigenvalue weighted by Gasteiger charge is -2.25. The molecule has 2 heterocycles. The lowest BCUT2D eigenvalue weighted by atomic mass is 9.89. The Morgan fingerprint density at radius 2 is 1.91 bits per heavy atom. The van der Waals surface area contributed by atoms with E-state index in [1.54, 1.807) is 13.2 Å². The highest BCUT2D eigenvalue weighted by Gasteiger charge is 2.37. The van der Waals surface area contributed by atoms with Gasteiger partial charge >= 0.3 is 0 Å². The number of methoxy groups -OCH3 is 2. The molecule has 2 aromatic carbocycles. The number of aliphatic hydroxyl groups excluding tert-OH is 1. The van der Waals surface area contributed by atoms with E-state index in [2.05, 4.69) is 4.90 Å². The summed E-state index contributed by atoms with van der Waals surface area (Å²) < 4.78 is 17.6. The van der Waals surface area contributed by atoms with Crippen LogP contribution in [0.5, 0.6) is 11.5 Å². The van der Waals surface area contributed by atoms with Crippen molar-refractivity contribution >= 4 is 28.3 Å². The van der Waals surface area contributed by atoms with Crippen LogP contribution >= 0.6 is 11.6 Å². The maximum absolute atomic E-state index is 13.3. The van der Waals surface area contributed by atoms with Crippen LogP contribution in [0.1, 0.15) is 17.9 Å². The molecule has 2 atom stereocenters. The first-order valence-corrected chi connectivity index (χ1v) is 11.2. The molecule has 8 heteroatoms. The van der Waals surface area contributed by atoms with Crippen molar-refractivity contribution in [3.63, 3.8) is 0 Å². The van der Waals surface area contributed by atoms with Crippen molar-refractivity contribution < 1.29 is 19.0 Å². The number of fused-ring (bicyclic) bond motifs is 1. The first kappa shape index (κ1) is 23.4. The minimum Gasteiger partial charge on any atom is -0.496 e. The summed E-state index contributed by atoms with van der Waals surface area (Å²) in [5, 5.41) is 10.9. The quantitative estimate of drug-likeness (QED) is 0.581. The van der Waals surface area contributed by atoms with Gasteiger partial charge in [0.05, 0.1) is 25.8 Å². The average molecular weight is 473 g/mol. The molecule has 0 amide bonds. The number of hydrogen-bond acceptors (Lipinski definition) is 7. The van der Waals surface area contributed by atoms with Gasteiger partial charge in [-0.3, -0.25) is 4.79 Å². The van der Waals surface area contributed by atoms with Gasteiger partial charge < -0.3 is 28.8 Å². The maximum atomic E-state index is 13.3. The number of benzene rings is 2. The van der Waals surface area contributed by atoms with Crippen molar-refractivity contribution in [2.45, 2.75) is 18.4 Å². The Hall–Kier alpha value is -2.74. The molecule has 0 saturated carbocycles. The van der Waals surface area contributed by atoms with E-state index in [0.717, 1.165) is 24.2 Å². The first-order valence-electron chi connectivity index (χ1n) is 10.8. The summed E-state index contributed by atoms with van der Waals surface area (Å²) in [4.78, 5) is 17.4. The summed E-state index contributed by atoms with van der Waals surface area (Å²) in [5.41, 5.74) is 2.50. The normalized spacial score (nSPS) is 18.6. The van der Waals surface area contributed by atoms with Crippen LogP contribution in [0.25, 0.3) is 22.3 Å². The van der Waals surface area contributed by atoms with Gasteiger partial charge in [-0.05, 0) is 38.2 Å². The van der Waals surface area contributed by atoms with Crippen LogP contribution in [0, 0.1) is 0 Å². The SMILES string of the molecule is COc1cc(OC)c2c(=O)cc(-c3ccc(N(C)C)cc3Cl)oc2c1C1CCN(C)[C@@H]1CO. The minimum atomic E-state index is -0.230. The largest absolute Gasteiger partial charge is 0.496 e. The summed E-state index contributed by atoms with van der Waals surface area (Å²) in [5.74, 6) is 1.24. The number of nitrogens with zero attached hydrogens (tertiary/aromatic N) is 2. The second-order valence-electron chi connectivity index (χ2n) is 8.56. The number of likely N-dealkylation sites (N-methyl/N-ethyl adjacent to an activating group) is 1. The molecule has 1 aromatic heterocycles. The van der Waals surface area contributed by atoms with Crippen LogP contribution in [0.3, 0.4) is 0 Å². The Morgan fingerprint density at radius 1 is 1.18 bits per heavy atom. The molecule has 33 heavy (non-hydrogen) atoms. The maximum Gasteiger partial charge on any atom is 0.197 e. The summed E-state index contributed by atoms with van der Waals surface area (Å²) in [7, 11) is 8.94. The van der Waals surface area contributed by atoms with Crippen LogP contribution in [0.4, 0.5) is 5.69 Å². The van der Waals surface area contributed by atoms with E-state index in [1.807, 2.05) is 44.2 Å². The monoisotopic (exact) mass is 472 g/mol. The zero-order valence-electron chi connectivity index (χ0n) is 19.5. The second-order valence-corrected chi connectivity index (χ2v) is 8.97. The average Bonchev–Trinajstić information content (AvgIpc) is 3.17. The van der Waals surface area contributed by atoms with E-state index in [9.17, 15) is 9.90 Å². The highest BCUT2D eigenvalue weighted by atomic mass is 35.5. The molecule has 1 aliphatic rings. The molecule has 0 aliphatic carbocycles. The van der Waals surface area contributed by atoms with Crippen molar-refractivity contribution in [1.29, 1.82) is 0 Å². The number of hydrogen-bond donors (Lipinski definition) is 1. The third-order valence-corrected chi connectivity index (χ3v) is 6.83. The van der Waals surface area contributed by atoms with Gasteiger partial charge in [-0.15, -0.1) is 0 Å². The Kier molecular flexibility index (Phi) is 6.56. The first-order chi connectivity index (χ1) is 15.8. The van der Waals surface area contributed by atoms with Gasteiger partial charge in [0.1, 0.15) is 28.2 Å². The molecule has 176 valence electrons. The highest BCUT2D eigenvalue weighted by Crippen LogP contribution is 2.45. The fraction of sp³-hybridized carbons (Fsp3) is 0.400. The minimum absolute atomic E-state index is 0.0143. The standard InChI is InChI=1S/C25H29ClN2O5/c1-27(2)14-6-7-15(17(26)10-14)20-11-19(30)24-22(32-5)12-21(31-4)23(25(24)33-20)16-8-9-28(3)18(16)13-29/h6-7,10-12,16,18,29H,8-9,13H2,1-5H3/t16?,18-/m1/s1. The second kappa shape index (κ2) is 9.25. The van der Waals surface area contributed by atoms with E-state index in [0.29, 0.717) is 38.8 Å². The van der Waals surface area contributed by atoms with Crippen molar-refractivity contribution in [2.24, 2.45) is 0 Å². The van der Waals surface area contributed by atoms with E-state index < -0.39 is 0 Å². The zero-order chi connectivity index (χ0) is 23.9. The van der Waals surface area contributed by atoms with Crippen molar-refractivity contribution in [1.82, 2.24) is 4.90 Å². The van der Waals surface area contributed by atoms with Crippen molar-refractivity contribution in [2.75, 3.05) is 53.4 Å². The van der Waals surface area contributed by atoms with Crippen molar-refractivity contribution in [3.05, 3.63) is 51.1 Å². The third-order valence-electron chi connectivity index (χ3n) is 6.52. The fourth-order valence-electron chi connectivity index (χ4n) is 4.70. The van der Waals surface area contributed by atoms with E-state index in [4.69, 9.17) is 25.5 Å². The van der Waals surface area contributed by atoms with Gasteiger partial charge in [0, 0.05) is 55.0 Å². The summed E-state index contributed by atoms with van der Waals surface area (Å²) in [6.45, 7) is 0.800. The molecule has 3 aromatic rings. The van der Waals surface area contributed by atoms with Gasteiger partial charge in [0.2, 0.25) is 0 Å². The molecule has 1 unspecified atom stereocenters. The molecule has 1 fully saturated rings. The Morgan fingerprint density at radius 3 is 2.52 bits per heavy atom. The molecule has 1 N–H and O–H groups in total.